The van der Waals surface area contributed by atoms with E-state index in [1.807, 2.05) is 20.8 Å². The van der Waals surface area contributed by atoms with Crippen LogP contribution in [-0.4, -0.2) is 16.9 Å². The summed E-state index contributed by atoms with van der Waals surface area (Å²) in [6.07, 6.45) is 0.609. The van der Waals surface area contributed by atoms with Crippen molar-refractivity contribution in [3.63, 3.8) is 0 Å². The van der Waals surface area contributed by atoms with Gasteiger partial charge in [0.2, 0.25) is 5.78 Å². The lowest BCUT2D eigenvalue weighted by Gasteiger charge is -2.20. The molecule has 12 heavy (non-hydrogen) atoms. The van der Waals surface area contributed by atoms with Gasteiger partial charge in [-0.15, -0.1) is 0 Å². The van der Waals surface area contributed by atoms with Gasteiger partial charge in [-0.25, -0.2) is 4.79 Å². The lowest BCUT2D eigenvalue weighted by Crippen LogP contribution is -2.24. The van der Waals surface area contributed by atoms with Crippen LogP contribution >= 0.6 is 0 Å². The van der Waals surface area contributed by atoms with Gasteiger partial charge in [-0.1, -0.05) is 27.7 Å². The quantitative estimate of drug-likeness (QED) is 0.659. The average Bonchev–Trinajstić information content (AvgIpc) is 1.82. The molecule has 0 saturated heterocycles. The van der Waals surface area contributed by atoms with Gasteiger partial charge in [-0.2, -0.15) is 0 Å². The number of rotatable bonds is 3. The van der Waals surface area contributed by atoms with Gasteiger partial charge in [-0.05, 0) is 11.8 Å². The van der Waals surface area contributed by atoms with Crippen molar-refractivity contribution in [1.29, 1.82) is 0 Å². The summed E-state index contributed by atoms with van der Waals surface area (Å²) in [4.78, 5) is 21.2. The van der Waals surface area contributed by atoms with E-state index in [0.717, 1.165) is 0 Å². The van der Waals surface area contributed by atoms with Crippen molar-refractivity contribution < 1.29 is 14.7 Å². The van der Waals surface area contributed by atoms with Crippen LogP contribution in [-0.2, 0) is 9.59 Å². The van der Waals surface area contributed by atoms with Crippen molar-refractivity contribution in [1.82, 2.24) is 0 Å². The molecule has 1 unspecified atom stereocenters. The van der Waals surface area contributed by atoms with E-state index < -0.39 is 11.8 Å². The summed E-state index contributed by atoms with van der Waals surface area (Å²) in [6, 6.07) is 0. The van der Waals surface area contributed by atoms with Gasteiger partial charge in [-0.3, -0.25) is 4.79 Å². The van der Waals surface area contributed by atoms with Crippen LogP contribution in [0.2, 0.25) is 0 Å². The highest BCUT2D eigenvalue weighted by molar-refractivity contribution is 6.33. The normalized spacial score (nSPS) is 14.0. The fraction of sp³-hybridized carbons (Fsp3) is 0.778. The Morgan fingerprint density at radius 1 is 1.33 bits per heavy atom. The molecule has 0 aromatic carbocycles. The van der Waals surface area contributed by atoms with Gasteiger partial charge >= 0.3 is 5.97 Å². The second-order valence-corrected chi connectivity index (χ2v) is 4.34. The minimum Gasteiger partial charge on any atom is -0.475 e. The van der Waals surface area contributed by atoms with Gasteiger partial charge in [0.1, 0.15) is 0 Å². The van der Waals surface area contributed by atoms with Crippen LogP contribution in [0.4, 0.5) is 0 Å². The Bertz CT molecular complexity index is 188. The van der Waals surface area contributed by atoms with Crippen LogP contribution in [0.5, 0.6) is 0 Å². The average molecular weight is 172 g/mol. The maximum atomic E-state index is 10.9. The molecule has 0 spiro atoms. The summed E-state index contributed by atoms with van der Waals surface area (Å²) >= 11 is 0. The van der Waals surface area contributed by atoms with E-state index in [0.29, 0.717) is 6.42 Å². The Kier molecular flexibility index (Phi) is 3.43. The topological polar surface area (TPSA) is 54.4 Å². The number of carbonyl (C=O) groups is 2. The zero-order chi connectivity index (χ0) is 9.94. The highest BCUT2D eigenvalue weighted by Gasteiger charge is 2.24. The molecule has 0 aliphatic carbocycles. The third-order valence-corrected chi connectivity index (χ3v) is 1.58. The molecule has 3 nitrogen and oxygen atoms in total. The van der Waals surface area contributed by atoms with E-state index in [9.17, 15) is 9.59 Å². The predicted molar refractivity (Wildman–Crippen MR) is 45.9 cm³/mol. The molecule has 0 fully saturated rings. The molecule has 0 aliphatic heterocycles. The number of ketones is 1. The molecular weight excluding hydrogens is 156 g/mol. The van der Waals surface area contributed by atoms with Gasteiger partial charge in [0.05, 0.1) is 0 Å². The molecule has 0 aromatic rings. The number of hydrogen-bond donors (Lipinski definition) is 1. The SMILES string of the molecule is CC(CC(C)(C)C)C(=O)C(=O)O. The maximum Gasteiger partial charge on any atom is 0.372 e. The molecule has 70 valence electrons. The van der Waals surface area contributed by atoms with Crippen molar-refractivity contribution in [2.24, 2.45) is 11.3 Å². The molecule has 3 heteroatoms. The van der Waals surface area contributed by atoms with Gasteiger partial charge in [0.15, 0.2) is 0 Å². The zero-order valence-electron chi connectivity index (χ0n) is 8.05. The third-order valence-electron chi connectivity index (χ3n) is 1.58. The van der Waals surface area contributed by atoms with Gasteiger partial charge < -0.3 is 5.11 Å². The zero-order valence-corrected chi connectivity index (χ0v) is 8.05. The molecule has 0 bridgehead atoms. The second-order valence-electron chi connectivity index (χ2n) is 4.34. The first-order valence-electron chi connectivity index (χ1n) is 4.01. The first-order valence-corrected chi connectivity index (χ1v) is 4.01. The molecular formula is C9H16O3. The Morgan fingerprint density at radius 2 is 1.75 bits per heavy atom. The Labute approximate surface area is 72.8 Å². The summed E-state index contributed by atoms with van der Waals surface area (Å²) in [7, 11) is 0. The van der Waals surface area contributed by atoms with Crippen LogP contribution in [0.3, 0.4) is 0 Å². The van der Waals surface area contributed by atoms with Crippen molar-refractivity contribution in [3.05, 3.63) is 0 Å². The number of Topliss-reactive ketones (excluding diaryl/α,β-unsaturated/α-hetero) is 1. The van der Waals surface area contributed by atoms with E-state index in [1.165, 1.54) is 0 Å². The molecule has 1 atom stereocenters. The summed E-state index contributed by atoms with van der Waals surface area (Å²) < 4.78 is 0. The maximum absolute atomic E-state index is 10.9. The molecule has 0 amide bonds. The van der Waals surface area contributed by atoms with Gasteiger partial charge in [0, 0.05) is 5.92 Å². The Morgan fingerprint density at radius 3 is 2.00 bits per heavy atom. The summed E-state index contributed by atoms with van der Waals surface area (Å²) in [5.74, 6) is -2.40. The fourth-order valence-corrected chi connectivity index (χ4v) is 1.22. The molecule has 0 rings (SSSR count). The molecule has 0 aliphatic rings. The molecule has 0 heterocycles. The number of carboxylic acid groups (broad SMARTS) is 1. The van der Waals surface area contributed by atoms with E-state index in [1.54, 1.807) is 6.92 Å². The minimum atomic E-state index is -1.33. The summed E-state index contributed by atoms with van der Waals surface area (Å²) in [6.45, 7) is 7.61. The van der Waals surface area contributed by atoms with Crippen LogP contribution < -0.4 is 0 Å². The molecule has 0 radical (unpaired) electrons. The Hall–Kier alpha value is -0.860. The number of hydrogen-bond acceptors (Lipinski definition) is 2. The monoisotopic (exact) mass is 172 g/mol. The van der Waals surface area contributed by atoms with E-state index in [4.69, 9.17) is 5.11 Å². The second kappa shape index (κ2) is 3.70. The molecule has 0 saturated carbocycles. The first kappa shape index (κ1) is 11.1. The predicted octanol–water partition coefficient (Wildman–Crippen LogP) is 1.71. The van der Waals surface area contributed by atoms with E-state index in [2.05, 4.69) is 0 Å². The smallest absolute Gasteiger partial charge is 0.372 e. The van der Waals surface area contributed by atoms with Gasteiger partial charge in [0.25, 0.3) is 0 Å². The van der Waals surface area contributed by atoms with Crippen LogP contribution in [0.25, 0.3) is 0 Å². The minimum absolute atomic E-state index is 0.00449. The standard InChI is InChI=1S/C9H16O3/c1-6(5-9(2,3)4)7(10)8(11)12/h6H,5H2,1-4H3,(H,11,12). The highest BCUT2D eigenvalue weighted by Crippen LogP contribution is 2.24. The van der Waals surface area contributed by atoms with E-state index >= 15 is 0 Å². The van der Waals surface area contributed by atoms with Crippen LogP contribution in [0, 0.1) is 11.3 Å². The van der Waals surface area contributed by atoms with E-state index in [-0.39, 0.29) is 11.3 Å². The Balaban J connectivity index is 4.14. The van der Waals surface area contributed by atoms with Crippen LogP contribution in [0.15, 0.2) is 0 Å². The molecule has 1 N–H and O–H groups in total. The third kappa shape index (κ3) is 4.11. The van der Waals surface area contributed by atoms with Crippen molar-refractivity contribution in [2.75, 3.05) is 0 Å². The number of carboxylic acids is 1. The lowest BCUT2D eigenvalue weighted by atomic mass is 9.84. The first-order chi connectivity index (χ1) is 5.24. The van der Waals surface area contributed by atoms with Crippen molar-refractivity contribution >= 4 is 11.8 Å². The summed E-state index contributed by atoms with van der Waals surface area (Å²) in [5.41, 5.74) is 0.00449. The van der Waals surface area contributed by atoms with Crippen molar-refractivity contribution in [3.8, 4) is 0 Å². The lowest BCUT2D eigenvalue weighted by molar-refractivity contribution is -0.151. The number of carbonyl (C=O) groups excluding carboxylic acids is 1. The number of aliphatic carboxylic acids is 1. The van der Waals surface area contributed by atoms with Crippen LogP contribution in [0.1, 0.15) is 34.1 Å². The largest absolute Gasteiger partial charge is 0.475 e. The molecule has 0 aromatic heterocycles. The fourth-order valence-electron chi connectivity index (χ4n) is 1.22. The van der Waals surface area contributed by atoms with Crippen molar-refractivity contribution in [2.45, 2.75) is 34.1 Å². The summed E-state index contributed by atoms with van der Waals surface area (Å²) in [5, 5.41) is 8.40. The highest BCUT2D eigenvalue weighted by atomic mass is 16.4.